The zero-order valence-corrected chi connectivity index (χ0v) is 9.64. The van der Waals surface area contributed by atoms with E-state index in [9.17, 15) is 4.79 Å². The first kappa shape index (κ1) is 10.4. The Hall–Kier alpha value is -1.07. The van der Waals surface area contributed by atoms with Gasteiger partial charge in [0.25, 0.3) is 0 Å². The lowest BCUT2D eigenvalue weighted by atomic mass is 10.3. The van der Waals surface area contributed by atoms with Crippen LogP contribution >= 0.6 is 23.3 Å². The van der Waals surface area contributed by atoms with E-state index in [1.807, 2.05) is 24.3 Å². The fourth-order valence-corrected chi connectivity index (χ4v) is 3.21. The molecule has 78 valence electrons. The number of carbonyl (C=O) groups is 1. The van der Waals surface area contributed by atoms with E-state index in [-0.39, 0.29) is 0 Å². The number of carboxylic acids is 1. The lowest BCUT2D eigenvalue weighted by Crippen LogP contribution is -2.10. The Balaban J connectivity index is 2.32. The van der Waals surface area contributed by atoms with Crippen LogP contribution in [0.25, 0.3) is 10.9 Å². The maximum absolute atomic E-state index is 10.7. The molecule has 1 atom stereocenters. The third kappa shape index (κ3) is 2.13. The molecule has 0 aliphatic carbocycles. The van der Waals surface area contributed by atoms with Gasteiger partial charge in [0.1, 0.15) is 5.25 Å². The van der Waals surface area contributed by atoms with Gasteiger partial charge in [0.2, 0.25) is 0 Å². The monoisotopic (exact) mass is 239 g/mol. The largest absolute Gasteiger partial charge is 0.480 e. The molecule has 0 fully saturated rings. The Morgan fingerprint density at radius 3 is 3.00 bits per heavy atom. The first-order chi connectivity index (χ1) is 7.18. The van der Waals surface area contributed by atoms with Crippen LogP contribution in [0.3, 0.4) is 0 Å². The van der Waals surface area contributed by atoms with Gasteiger partial charge >= 0.3 is 5.97 Å². The number of hydrogen-bond donors (Lipinski definition) is 1. The predicted molar refractivity (Wildman–Crippen MR) is 62.6 cm³/mol. The average molecular weight is 239 g/mol. The van der Waals surface area contributed by atoms with Crippen molar-refractivity contribution < 1.29 is 9.90 Å². The Labute approximate surface area is 95.3 Å². The fraction of sp³-hybridized carbons (Fsp3) is 0.200. The molecule has 1 N–H and O–H groups in total. The van der Waals surface area contributed by atoms with Gasteiger partial charge in [-0.05, 0) is 24.5 Å². The van der Waals surface area contributed by atoms with Gasteiger partial charge in [-0.15, -0.1) is 0 Å². The first-order valence-electron chi connectivity index (χ1n) is 4.42. The molecule has 0 bridgehead atoms. The Kier molecular flexibility index (Phi) is 2.93. The zero-order chi connectivity index (χ0) is 10.8. The van der Waals surface area contributed by atoms with Crippen molar-refractivity contribution in [2.45, 2.75) is 16.4 Å². The molecule has 3 nitrogen and oxygen atoms in total. The van der Waals surface area contributed by atoms with E-state index in [1.54, 1.807) is 6.92 Å². The summed E-state index contributed by atoms with van der Waals surface area (Å²) in [7, 11) is 0. The van der Waals surface area contributed by atoms with Gasteiger partial charge in [-0.2, -0.15) is 4.37 Å². The molecular formula is C10H9NO2S2. The molecule has 15 heavy (non-hydrogen) atoms. The van der Waals surface area contributed by atoms with Gasteiger partial charge < -0.3 is 5.11 Å². The molecule has 1 unspecified atom stereocenters. The molecule has 0 saturated heterocycles. The van der Waals surface area contributed by atoms with Crippen molar-refractivity contribution in [2.24, 2.45) is 0 Å². The molecule has 2 rings (SSSR count). The van der Waals surface area contributed by atoms with E-state index < -0.39 is 11.2 Å². The third-order valence-corrected chi connectivity index (χ3v) is 4.16. The summed E-state index contributed by atoms with van der Waals surface area (Å²) in [6.07, 6.45) is 0. The maximum atomic E-state index is 10.7. The summed E-state index contributed by atoms with van der Waals surface area (Å²) in [6.45, 7) is 1.68. The summed E-state index contributed by atoms with van der Waals surface area (Å²) >= 11 is 2.70. The smallest absolute Gasteiger partial charge is 0.316 e. The van der Waals surface area contributed by atoms with Gasteiger partial charge in [-0.1, -0.05) is 30.0 Å². The van der Waals surface area contributed by atoms with Crippen molar-refractivity contribution in [3.05, 3.63) is 24.3 Å². The Morgan fingerprint density at radius 2 is 2.27 bits per heavy atom. The maximum Gasteiger partial charge on any atom is 0.316 e. The van der Waals surface area contributed by atoms with Crippen molar-refractivity contribution in [1.82, 2.24) is 4.37 Å². The number of thioether (sulfide) groups is 1. The third-order valence-electron chi connectivity index (χ3n) is 1.98. The number of nitrogens with zero attached hydrogens (tertiary/aromatic N) is 1. The van der Waals surface area contributed by atoms with Crippen LogP contribution in [0.1, 0.15) is 6.92 Å². The van der Waals surface area contributed by atoms with Crippen LogP contribution in [0.5, 0.6) is 0 Å². The van der Waals surface area contributed by atoms with Crippen molar-refractivity contribution in [2.75, 3.05) is 0 Å². The zero-order valence-electron chi connectivity index (χ0n) is 8.01. The summed E-state index contributed by atoms with van der Waals surface area (Å²) in [5.41, 5.74) is 0.933. The summed E-state index contributed by atoms with van der Waals surface area (Å²) in [5.74, 6) is -0.794. The van der Waals surface area contributed by atoms with E-state index in [0.29, 0.717) is 0 Å². The highest BCUT2D eigenvalue weighted by atomic mass is 32.2. The SMILES string of the molecule is CC(Sc1snc2ccccc12)C(=O)O. The standard InChI is InChI=1S/C10H9NO2S2/c1-6(9(12)13)14-10-7-4-2-3-5-8(7)11-15-10/h2-6H,1H3,(H,12,13). The van der Waals surface area contributed by atoms with E-state index in [4.69, 9.17) is 5.11 Å². The number of aromatic nitrogens is 1. The molecule has 0 spiro atoms. The van der Waals surface area contributed by atoms with E-state index in [2.05, 4.69) is 4.37 Å². The molecule has 1 aromatic carbocycles. The second kappa shape index (κ2) is 4.20. The number of benzene rings is 1. The van der Waals surface area contributed by atoms with Crippen molar-refractivity contribution in [1.29, 1.82) is 0 Å². The van der Waals surface area contributed by atoms with Crippen LogP contribution in [0.15, 0.2) is 28.5 Å². The molecule has 0 aliphatic rings. The minimum absolute atomic E-state index is 0.436. The van der Waals surface area contributed by atoms with Crippen LogP contribution in [0.2, 0.25) is 0 Å². The second-order valence-corrected chi connectivity index (χ2v) is 5.47. The Morgan fingerprint density at radius 1 is 1.53 bits per heavy atom. The molecule has 0 aliphatic heterocycles. The Bertz CT molecular complexity index is 495. The lowest BCUT2D eigenvalue weighted by Gasteiger charge is -2.02. The second-order valence-electron chi connectivity index (χ2n) is 3.09. The van der Waals surface area contributed by atoms with Gasteiger partial charge in [0.15, 0.2) is 0 Å². The van der Waals surface area contributed by atoms with Gasteiger partial charge in [-0.3, -0.25) is 4.79 Å². The van der Waals surface area contributed by atoms with E-state index in [0.717, 1.165) is 15.1 Å². The molecule has 0 saturated carbocycles. The topological polar surface area (TPSA) is 50.2 Å². The van der Waals surface area contributed by atoms with Gasteiger partial charge in [-0.25, -0.2) is 0 Å². The quantitative estimate of drug-likeness (QED) is 0.837. The van der Waals surface area contributed by atoms with Crippen LogP contribution < -0.4 is 0 Å². The molecule has 0 radical (unpaired) electrons. The highest BCUT2D eigenvalue weighted by Crippen LogP contribution is 2.34. The number of rotatable bonds is 3. The average Bonchev–Trinajstić information content (AvgIpc) is 2.62. The summed E-state index contributed by atoms with van der Waals surface area (Å²) in [5, 5.41) is 9.42. The highest BCUT2D eigenvalue weighted by Gasteiger charge is 2.15. The van der Waals surface area contributed by atoms with Crippen LogP contribution in [-0.2, 0) is 4.79 Å². The molecule has 0 amide bonds. The lowest BCUT2D eigenvalue weighted by molar-refractivity contribution is -0.136. The van der Waals surface area contributed by atoms with E-state index >= 15 is 0 Å². The summed E-state index contributed by atoms with van der Waals surface area (Å²) < 4.78 is 5.23. The first-order valence-corrected chi connectivity index (χ1v) is 6.07. The van der Waals surface area contributed by atoms with Gasteiger partial charge in [0, 0.05) is 5.39 Å². The molecular weight excluding hydrogens is 230 g/mol. The molecule has 5 heteroatoms. The highest BCUT2D eigenvalue weighted by molar-refractivity contribution is 8.02. The van der Waals surface area contributed by atoms with Crippen LogP contribution in [-0.4, -0.2) is 20.7 Å². The molecule has 1 heterocycles. The van der Waals surface area contributed by atoms with Gasteiger partial charge in [0.05, 0.1) is 9.73 Å². The van der Waals surface area contributed by atoms with Crippen LogP contribution in [0.4, 0.5) is 0 Å². The number of hydrogen-bond acceptors (Lipinski definition) is 4. The van der Waals surface area contributed by atoms with Crippen molar-refractivity contribution in [3.63, 3.8) is 0 Å². The molecule has 1 aromatic heterocycles. The minimum Gasteiger partial charge on any atom is -0.480 e. The van der Waals surface area contributed by atoms with Crippen molar-refractivity contribution in [3.8, 4) is 0 Å². The summed E-state index contributed by atoms with van der Waals surface area (Å²) in [4.78, 5) is 10.7. The number of aliphatic carboxylic acids is 1. The number of carboxylic acid groups (broad SMARTS) is 1. The van der Waals surface area contributed by atoms with E-state index in [1.165, 1.54) is 23.3 Å². The molecule has 2 aromatic rings. The minimum atomic E-state index is -0.794. The van der Waals surface area contributed by atoms with Crippen LogP contribution in [0, 0.1) is 0 Å². The summed E-state index contributed by atoms with van der Waals surface area (Å²) in [6, 6.07) is 7.76. The number of fused-ring (bicyclic) bond motifs is 1. The normalized spacial score (nSPS) is 12.9. The fourth-order valence-electron chi connectivity index (χ4n) is 1.16. The van der Waals surface area contributed by atoms with Crippen molar-refractivity contribution >= 4 is 40.2 Å². The predicted octanol–water partition coefficient (Wildman–Crippen LogP) is 2.86.